The standard InChI is InChI=1S/C30H38N8O2/c1-21-18-38(26-9-8-22(15-31)30-24(26)5-4-10-33-30)20-23(40-21)19-36-11-13-37(14-12-36)29-7-3-6-28(35-29)34-25-16-32-17-27(25)39-2/h3-10,21,23,25,27,32H,11-14,16-20H2,1-2H3,(H,34,35)/t21-,23+,25-,27-/m1/s1. The van der Waals surface area contributed by atoms with Crippen LogP contribution in [-0.4, -0.2) is 105 Å². The summed E-state index contributed by atoms with van der Waals surface area (Å²) in [6, 6.07) is 16.7. The lowest BCUT2D eigenvalue weighted by atomic mass is 10.1. The molecule has 10 heteroatoms. The van der Waals surface area contributed by atoms with Gasteiger partial charge in [0.25, 0.3) is 0 Å². The zero-order valence-electron chi connectivity index (χ0n) is 23.3. The molecule has 210 valence electrons. The van der Waals surface area contributed by atoms with Crippen LogP contribution in [0.2, 0.25) is 0 Å². The number of nitrogens with one attached hydrogen (secondary N) is 2. The highest BCUT2D eigenvalue weighted by molar-refractivity contribution is 5.95. The lowest BCUT2D eigenvalue weighted by Crippen LogP contribution is -2.54. The smallest absolute Gasteiger partial charge is 0.131 e. The molecule has 0 radical (unpaired) electrons. The highest BCUT2D eigenvalue weighted by atomic mass is 16.5. The van der Waals surface area contributed by atoms with Crippen molar-refractivity contribution in [3.05, 3.63) is 54.2 Å². The SMILES string of the molecule is CO[C@@H]1CNC[C@H]1Nc1cccc(N2CCN(C[C@H]3CN(c4ccc(C#N)c5ncccc45)C[C@@H](C)O3)CC2)n1. The Labute approximate surface area is 235 Å². The van der Waals surface area contributed by atoms with Crippen LogP contribution in [0.1, 0.15) is 12.5 Å². The van der Waals surface area contributed by atoms with Gasteiger partial charge in [-0.05, 0) is 43.3 Å². The Hall–Kier alpha value is -3.49. The van der Waals surface area contributed by atoms with Crippen molar-refractivity contribution in [1.82, 2.24) is 20.2 Å². The molecular formula is C30H38N8O2. The molecule has 3 aliphatic heterocycles. The molecule has 40 heavy (non-hydrogen) atoms. The molecule has 2 N–H and O–H groups in total. The topological polar surface area (TPSA) is 102 Å². The predicted octanol–water partition coefficient (Wildman–Crippen LogP) is 2.32. The Morgan fingerprint density at radius 1 is 1.07 bits per heavy atom. The minimum absolute atomic E-state index is 0.108. The lowest BCUT2D eigenvalue weighted by Gasteiger charge is -2.42. The van der Waals surface area contributed by atoms with Crippen molar-refractivity contribution in [2.45, 2.75) is 31.3 Å². The number of ether oxygens (including phenoxy) is 2. The fourth-order valence-electron chi connectivity index (χ4n) is 6.23. The summed E-state index contributed by atoms with van der Waals surface area (Å²) in [5.41, 5.74) is 2.50. The molecule has 0 unspecified atom stereocenters. The Bertz CT molecular complexity index is 1360. The summed E-state index contributed by atoms with van der Waals surface area (Å²) in [4.78, 5) is 16.7. The molecule has 0 amide bonds. The minimum atomic E-state index is 0.108. The van der Waals surface area contributed by atoms with Crippen LogP contribution in [0.15, 0.2) is 48.7 Å². The number of rotatable bonds is 7. The van der Waals surface area contributed by atoms with Crippen molar-refractivity contribution < 1.29 is 9.47 Å². The predicted molar refractivity (Wildman–Crippen MR) is 157 cm³/mol. The van der Waals surface area contributed by atoms with Crippen molar-refractivity contribution in [2.24, 2.45) is 0 Å². The maximum absolute atomic E-state index is 9.54. The van der Waals surface area contributed by atoms with Gasteiger partial charge in [0.2, 0.25) is 0 Å². The minimum Gasteiger partial charge on any atom is -0.378 e. The monoisotopic (exact) mass is 542 g/mol. The lowest BCUT2D eigenvalue weighted by molar-refractivity contribution is -0.0327. The van der Waals surface area contributed by atoms with Crippen molar-refractivity contribution in [3.8, 4) is 6.07 Å². The third-order valence-electron chi connectivity index (χ3n) is 8.22. The van der Waals surface area contributed by atoms with Gasteiger partial charge < -0.3 is 29.9 Å². The molecule has 0 spiro atoms. The normalized spacial score (nSPS) is 25.7. The van der Waals surface area contributed by atoms with Gasteiger partial charge in [-0.1, -0.05) is 6.07 Å². The molecule has 6 rings (SSSR count). The molecule has 4 atom stereocenters. The van der Waals surface area contributed by atoms with E-state index in [1.54, 1.807) is 13.3 Å². The summed E-state index contributed by atoms with van der Waals surface area (Å²) in [7, 11) is 1.76. The van der Waals surface area contributed by atoms with E-state index in [-0.39, 0.29) is 24.4 Å². The Balaban J connectivity index is 1.07. The number of pyridine rings is 2. The van der Waals surface area contributed by atoms with Gasteiger partial charge in [-0.15, -0.1) is 0 Å². The van der Waals surface area contributed by atoms with Gasteiger partial charge in [0.1, 0.15) is 17.7 Å². The van der Waals surface area contributed by atoms with E-state index < -0.39 is 0 Å². The quantitative estimate of drug-likeness (QED) is 0.463. The number of morpholine rings is 1. The van der Waals surface area contributed by atoms with Crippen LogP contribution in [0, 0.1) is 11.3 Å². The van der Waals surface area contributed by atoms with E-state index in [2.05, 4.69) is 67.6 Å². The van der Waals surface area contributed by atoms with Gasteiger partial charge in [-0.3, -0.25) is 9.88 Å². The van der Waals surface area contributed by atoms with Crippen LogP contribution >= 0.6 is 0 Å². The summed E-state index contributed by atoms with van der Waals surface area (Å²) in [5.74, 6) is 1.91. The fraction of sp³-hybridized carbons (Fsp3) is 0.500. The second kappa shape index (κ2) is 11.9. The van der Waals surface area contributed by atoms with Gasteiger partial charge in [-0.2, -0.15) is 5.26 Å². The summed E-state index contributed by atoms with van der Waals surface area (Å²) in [6.45, 7) is 10.2. The number of benzene rings is 1. The summed E-state index contributed by atoms with van der Waals surface area (Å²) in [5, 5.41) is 17.5. The van der Waals surface area contributed by atoms with Gasteiger partial charge in [-0.25, -0.2) is 4.98 Å². The number of fused-ring (bicyclic) bond motifs is 1. The maximum Gasteiger partial charge on any atom is 0.131 e. The Kier molecular flexibility index (Phi) is 7.98. The number of piperazine rings is 1. The number of methoxy groups -OCH3 is 1. The van der Waals surface area contributed by atoms with E-state index in [0.29, 0.717) is 5.56 Å². The molecule has 10 nitrogen and oxygen atoms in total. The molecule has 3 saturated heterocycles. The number of nitrogens with zero attached hydrogens (tertiary/aromatic N) is 6. The van der Waals surface area contributed by atoms with Crippen molar-refractivity contribution in [1.29, 1.82) is 5.26 Å². The molecule has 1 aromatic carbocycles. The first kappa shape index (κ1) is 26.7. The molecule has 5 heterocycles. The first-order valence-electron chi connectivity index (χ1n) is 14.2. The summed E-state index contributed by atoms with van der Waals surface area (Å²) in [6.07, 6.45) is 2.14. The zero-order valence-corrected chi connectivity index (χ0v) is 23.3. The summed E-state index contributed by atoms with van der Waals surface area (Å²) < 4.78 is 12.0. The number of nitriles is 1. The van der Waals surface area contributed by atoms with E-state index in [4.69, 9.17) is 14.5 Å². The largest absolute Gasteiger partial charge is 0.378 e. The van der Waals surface area contributed by atoms with Gasteiger partial charge in [0.15, 0.2) is 0 Å². The van der Waals surface area contributed by atoms with Gasteiger partial charge in [0, 0.05) is 83.3 Å². The molecule has 2 aromatic heterocycles. The van der Waals surface area contributed by atoms with E-state index in [9.17, 15) is 5.26 Å². The third-order valence-corrected chi connectivity index (χ3v) is 8.22. The third kappa shape index (κ3) is 5.69. The van der Waals surface area contributed by atoms with Gasteiger partial charge in [0.05, 0.1) is 35.4 Å². The number of hydrogen-bond acceptors (Lipinski definition) is 10. The average molecular weight is 543 g/mol. The molecule has 3 fully saturated rings. The Morgan fingerprint density at radius 2 is 1.95 bits per heavy atom. The Morgan fingerprint density at radius 3 is 2.77 bits per heavy atom. The average Bonchev–Trinajstić information content (AvgIpc) is 3.44. The van der Waals surface area contributed by atoms with Crippen molar-refractivity contribution in [3.63, 3.8) is 0 Å². The molecular weight excluding hydrogens is 504 g/mol. The van der Waals surface area contributed by atoms with Crippen molar-refractivity contribution >= 4 is 28.2 Å². The molecule has 0 aliphatic carbocycles. The second-order valence-corrected chi connectivity index (χ2v) is 11.0. The van der Waals surface area contributed by atoms with Crippen molar-refractivity contribution in [2.75, 3.05) is 81.1 Å². The molecule has 3 aromatic rings. The number of aromatic nitrogens is 2. The van der Waals surface area contributed by atoms with E-state index in [1.807, 2.05) is 18.2 Å². The second-order valence-electron chi connectivity index (χ2n) is 11.0. The number of hydrogen-bond donors (Lipinski definition) is 2. The van der Waals surface area contributed by atoms with Gasteiger partial charge >= 0.3 is 0 Å². The fourth-order valence-corrected chi connectivity index (χ4v) is 6.23. The van der Waals surface area contributed by atoms with Crippen LogP contribution in [0.3, 0.4) is 0 Å². The van der Waals surface area contributed by atoms with Crippen LogP contribution in [-0.2, 0) is 9.47 Å². The number of anilines is 3. The van der Waals surface area contributed by atoms with E-state index in [0.717, 1.165) is 87.1 Å². The maximum atomic E-state index is 9.54. The van der Waals surface area contributed by atoms with E-state index >= 15 is 0 Å². The highest BCUT2D eigenvalue weighted by Crippen LogP contribution is 2.30. The summed E-state index contributed by atoms with van der Waals surface area (Å²) >= 11 is 0. The van der Waals surface area contributed by atoms with Crippen LogP contribution in [0.5, 0.6) is 0 Å². The van der Waals surface area contributed by atoms with Crippen LogP contribution in [0.4, 0.5) is 17.3 Å². The first-order valence-corrected chi connectivity index (χ1v) is 14.2. The molecule has 3 aliphatic rings. The van der Waals surface area contributed by atoms with Crippen LogP contribution in [0.25, 0.3) is 10.9 Å². The molecule has 0 bridgehead atoms. The zero-order chi connectivity index (χ0) is 27.5. The molecule has 0 saturated carbocycles. The van der Waals surface area contributed by atoms with E-state index in [1.165, 1.54) is 0 Å². The first-order chi connectivity index (χ1) is 19.6. The highest BCUT2D eigenvalue weighted by Gasteiger charge is 2.30. The van der Waals surface area contributed by atoms with Crippen LogP contribution < -0.4 is 20.4 Å².